The lowest BCUT2D eigenvalue weighted by Gasteiger charge is -2.26. The molecule has 0 aliphatic carbocycles. The van der Waals surface area contributed by atoms with Crippen LogP contribution in [0.3, 0.4) is 0 Å². The molecule has 0 spiro atoms. The van der Waals surface area contributed by atoms with Crippen LogP contribution in [0.25, 0.3) is 11.3 Å². The van der Waals surface area contributed by atoms with E-state index in [0.717, 1.165) is 33.8 Å². The summed E-state index contributed by atoms with van der Waals surface area (Å²) in [6.45, 7) is 0. The van der Waals surface area contributed by atoms with E-state index in [1.165, 1.54) is 0 Å². The minimum absolute atomic E-state index is 0.130. The Balaban J connectivity index is 1.73. The quantitative estimate of drug-likeness (QED) is 0.479. The predicted molar refractivity (Wildman–Crippen MR) is 117 cm³/mol. The van der Waals surface area contributed by atoms with E-state index in [4.69, 9.17) is 16.3 Å². The fourth-order valence-corrected chi connectivity index (χ4v) is 4.08. The van der Waals surface area contributed by atoms with Crippen molar-refractivity contribution in [2.24, 2.45) is 0 Å². The van der Waals surface area contributed by atoms with Crippen LogP contribution in [0.5, 0.6) is 5.75 Å². The van der Waals surface area contributed by atoms with E-state index in [1.807, 2.05) is 66.7 Å². The first kappa shape index (κ1) is 18.5. The van der Waals surface area contributed by atoms with Gasteiger partial charge in [0, 0.05) is 21.8 Å². The Labute approximate surface area is 178 Å². The summed E-state index contributed by atoms with van der Waals surface area (Å²) < 4.78 is 5.44. The molecule has 1 N–H and O–H groups in total. The second kappa shape index (κ2) is 7.35. The van der Waals surface area contributed by atoms with Gasteiger partial charge in [-0.1, -0.05) is 54.1 Å². The van der Waals surface area contributed by atoms with Crippen LogP contribution in [-0.4, -0.2) is 23.2 Å². The Morgan fingerprint density at radius 2 is 1.77 bits per heavy atom. The molecule has 1 aliphatic heterocycles. The van der Waals surface area contributed by atoms with Crippen molar-refractivity contribution in [3.05, 3.63) is 101 Å². The summed E-state index contributed by atoms with van der Waals surface area (Å²) in [6.07, 6.45) is 0. The molecular formula is C24H18ClN3O2. The highest BCUT2D eigenvalue weighted by Gasteiger charge is 2.43. The molecule has 1 aromatic heterocycles. The topological polar surface area (TPSA) is 58.2 Å². The summed E-state index contributed by atoms with van der Waals surface area (Å²) >= 11 is 6.08. The number of methoxy groups -OCH3 is 1. The van der Waals surface area contributed by atoms with Crippen LogP contribution in [0, 0.1) is 0 Å². The number of hydrogen-bond donors (Lipinski definition) is 1. The molecule has 148 valence electrons. The van der Waals surface area contributed by atoms with Crippen LogP contribution in [0.2, 0.25) is 5.02 Å². The molecule has 0 bridgehead atoms. The normalized spacial score (nSPS) is 15.3. The maximum atomic E-state index is 13.5. The minimum atomic E-state index is -0.349. The van der Waals surface area contributed by atoms with Gasteiger partial charge < -0.3 is 4.74 Å². The van der Waals surface area contributed by atoms with Crippen LogP contribution in [-0.2, 0) is 0 Å². The smallest absolute Gasteiger partial charge is 0.277 e. The molecule has 0 fully saturated rings. The summed E-state index contributed by atoms with van der Waals surface area (Å²) in [4.78, 5) is 15.2. The van der Waals surface area contributed by atoms with Crippen molar-refractivity contribution in [1.82, 2.24) is 10.2 Å². The first-order valence-corrected chi connectivity index (χ1v) is 9.92. The maximum absolute atomic E-state index is 13.5. The second-order valence-corrected chi connectivity index (χ2v) is 7.49. The lowest BCUT2D eigenvalue weighted by atomic mass is 9.95. The molecule has 0 radical (unpaired) electrons. The predicted octanol–water partition coefficient (Wildman–Crippen LogP) is 5.49. The van der Waals surface area contributed by atoms with E-state index >= 15 is 0 Å². The van der Waals surface area contributed by atoms with Crippen LogP contribution in [0.15, 0.2) is 78.9 Å². The van der Waals surface area contributed by atoms with Gasteiger partial charge in [0.2, 0.25) is 0 Å². The van der Waals surface area contributed by atoms with E-state index in [0.29, 0.717) is 10.7 Å². The molecule has 4 aromatic rings. The lowest BCUT2D eigenvalue weighted by molar-refractivity contribution is 0.0988. The van der Waals surface area contributed by atoms with Crippen LogP contribution in [0.4, 0.5) is 5.69 Å². The summed E-state index contributed by atoms with van der Waals surface area (Å²) in [6, 6.07) is 24.6. The molecule has 1 atom stereocenters. The summed E-state index contributed by atoms with van der Waals surface area (Å²) in [5, 5.41) is 8.09. The number of H-pyrrole nitrogens is 1. The number of nitrogens with one attached hydrogen (secondary N) is 1. The summed E-state index contributed by atoms with van der Waals surface area (Å²) in [5.41, 5.74) is 4.78. The fraction of sp³-hybridized carbons (Fsp3) is 0.0833. The number of anilines is 1. The number of hydrogen-bond acceptors (Lipinski definition) is 3. The van der Waals surface area contributed by atoms with Crippen LogP contribution >= 0.6 is 11.6 Å². The third kappa shape index (κ3) is 2.95. The number of fused-ring (bicyclic) bond motifs is 1. The van der Waals surface area contributed by atoms with Crippen LogP contribution < -0.4 is 9.64 Å². The van der Waals surface area contributed by atoms with Gasteiger partial charge in [0.15, 0.2) is 0 Å². The van der Waals surface area contributed by atoms with Gasteiger partial charge in [0.25, 0.3) is 5.91 Å². The van der Waals surface area contributed by atoms with Gasteiger partial charge in [-0.2, -0.15) is 5.10 Å². The monoisotopic (exact) mass is 415 g/mol. The van der Waals surface area contributed by atoms with Gasteiger partial charge in [-0.25, -0.2) is 0 Å². The average molecular weight is 416 g/mol. The second-order valence-electron chi connectivity index (χ2n) is 7.06. The van der Waals surface area contributed by atoms with E-state index in [-0.39, 0.29) is 11.9 Å². The molecule has 2 heterocycles. The maximum Gasteiger partial charge on any atom is 0.277 e. The molecule has 5 nitrogen and oxygen atoms in total. The summed E-state index contributed by atoms with van der Waals surface area (Å²) in [7, 11) is 1.63. The van der Waals surface area contributed by atoms with E-state index in [1.54, 1.807) is 24.1 Å². The van der Waals surface area contributed by atoms with Crippen molar-refractivity contribution in [3.63, 3.8) is 0 Å². The number of carbonyl (C=O) groups is 1. The number of halogens is 1. The Hall–Kier alpha value is -3.57. The molecular weight excluding hydrogens is 398 g/mol. The zero-order chi connectivity index (χ0) is 20.7. The summed E-state index contributed by atoms with van der Waals surface area (Å²) in [5.74, 6) is 0.601. The molecule has 1 aliphatic rings. The third-order valence-corrected chi connectivity index (χ3v) is 5.58. The number of aromatic amines is 1. The number of benzene rings is 3. The number of amides is 1. The first-order valence-electron chi connectivity index (χ1n) is 9.54. The largest absolute Gasteiger partial charge is 0.497 e. The highest BCUT2D eigenvalue weighted by Crippen LogP contribution is 2.45. The number of carbonyl (C=O) groups excluding carboxylic acids is 1. The molecule has 0 saturated carbocycles. The van der Waals surface area contributed by atoms with E-state index in [9.17, 15) is 4.79 Å². The zero-order valence-corrected chi connectivity index (χ0v) is 16.9. The van der Waals surface area contributed by atoms with Crippen molar-refractivity contribution in [1.29, 1.82) is 0 Å². The van der Waals surface area contributed by atoms with Gasteiger partial charge in [-0.3, -0.25) is 14.8 Å². The third-order valence-electron chi connectivity index (χ3n) is 5.33. The van der Waals surface area contributed by atoms with Gasteiger partial charge >= 0.3 is 0 Å². The van der Waals surface area contributed by atoms with E-state index < -0.39 is 0 Å². The fourth-order valence-electron chi connectivity index (χ4n) is 3.96. The Kier molecular flexibility index (Phi) is 4.52. The van der Waals surface area contributed by atoms with Crippen molar-refractivity contribution in [3.8, 4) is 17.0 Å². The van der Waals surface area contributed by atoms with Crippen molar-refractivity contribution >= 4 is 23.2 Å². The van der Waals surface area contributed by atoms with Gasteiger partial charge in [-0.15, -0.1) is 0 Å². The number of nitrogens with zero attached hydrogens (tertiary/aromatic N) is 2. The zero-order valence-electron chi connectivity index (χ0n) is 16.2. The minimum Gasteiger partial charge on any atom is -0.497 e. The number of ether oxygens (including phenoxy) is 1. The molecule has 3 aromatic carbocycles. The number of aromatic nitrogens is 2. The molecule has 1 unspecified atom stereocenters. The molecule has 6 heteroatoms. The molecule has 30 heavy (non-hydrogen) atoms. The SMILES string of the molecule is COc1cccc(C2c3c(-c4ccccc4)n[nH]c3C(=O)N2c2ccc(Cl)cc2)c1. The van der Waals surface area contributed by atoms with Crippen molar-refractivity contribution in [2.75, 3.05) is 12.0 Å². The van der Waals surface area contributed by atoms with Gasteiger partial charge in [0.1, 0.15) is 11.4 Å². The Morgan fingerprint density at radius 1 is 1.00 bits per heavy atom. The van der Waals surface area contributed by atoms with Crippen LogP contribution in [0.1, 0.15) is 27.7 Å². The van der Waals surface area contributed by atoms with Crippen molar-refractivity contribution in [2.45, 2.75) is 6.04 Å². The highest BCUT2D eigenvalue weighted by molar-refractivity contribution is 6.30. The molecule has 5 rings (SSSR count). The Morgan fingerprint density at radius 3 is 2.50 bits per heavy atom. The van der Waals surface area contributed by atoms with Gasteiger partial charge in [-0.05, 0) is 42.0 Å². The molecule has 0 saturated heterocycles. The highest BCUT2D eigenvalue weighted by atomic mass is 35.5. The molecule has 1 amide bonds. The number of rotatable bonds is 4. The Bertz CT molecular complexity index is 1220. The lowest BCUT2D eigenvalue weighted by Crippen LogP contribution is -2.29. The first-order chi connectivity index (χ1) is 14.7. The van der Waals surface area contributed by atoms with Gasteiger partial charge in [0.05, 0.1) is 18.8 Å². The van der Waals surface area contributed by atoms with Crippen molar-refractivity contribution < 1.29 is 9.53 Å². The van der Waals surface area contributed by atoms with E-state index in [2.05, 4.69) is 10.2 Å². The average Bonchev–Trinajstić information content (AvgIpc) is 3.34. The standard InChI is InChI=1S/C24H18ClN3O2/c1-30-19-9-5-8-16(14-19)23-20-21(15-6-3-2-4-7-15)26-27-22(20)24(29)28(23)18-12-10-17(25)11-13-18/h2-14,23H,1H3,(H,26,27).